The maximum Gasteiger partial charge on any atom is 0.332 e. The fraction of sp³-hybridized carbons (Fsp3) is 0.273. The Hall–Kier alpha value is -2.04. The molecule has 16 heavy (non-hydrogen) atoms. The van der Waals surface area contributed by atoms with Gasteiger partial charge in [0, 0.05) is 0 Å². The first-order chi connectivity index (χ1) is 7.54. The van der Waals surface area contributed by atoms with E-state index >= 15 is 0 Å². The summed E-state index contributed by atoms with van der Waals surface area (Å²) in [5.41, 5.74) is 9.45. The van der Waals surface area contributed by atoms with Crippen molar-refractivity contribution in [3.05, 3.63) is 29.3 Å². The normalized spacial score (nSPS) is 11.2. The topological polar surface area (TPSA) is 87.7 Å². The Bertz CT molecular complexity index is 427. The molecule has 5 nitrogen and oxygen atoms in total. The van der Waals surface area contributed by atoms with Gasteiger partial charge in [-0.25, -0.2) is 10.2 Å². The zero-order chi connectivity index (χ0) is 12.1. The minimum absolute atomic E-state index is 0.238. The van der Waals surface area contributed by atoms with Crippen molar-refractivity contribution in [2.45, 2.75) is 20.3 Å². The molecule has 1 rings (SSSR count). The fourth-order valence-electron chi connectivity index (χ4n) is 1.31. The number of phenolic OH excluding ortho intramolecular Hbond substituents is 1. The van der Waals surface area contributed by atoms with Crippen LogP contribution in [-0.4, -0.2) is 16.8 Å². The number of hydrazone groups is 1. The molecule has 0 aliphatic rings. The van der Waals surface area contributed by atoms with Gasteiger partial charge >= 0.3 is 6.03 Å². The van der Waals surface area contributed by atoms with Gasteiger partial charge in [-0.3, -0.25) is 0 Å². The van der Waals surface area contributed by atoms with Gasteiger partial charge in [-0.15, -0.1) is 0 Å². The largest absolute Gasteiger partial charge is 0.508 e. The number of carbonyl (C=O) groups is 1. The van der Waals surface area contributed by atoms with E-state index in [-0.39, 0.29) is 5.75 Å². The minimum Gasteiger partial charge on any atom is -0.508 e. The summed E-state index contributed by atoms with van der Waals surface area (Å²) in [6.07, 6.45) is 0.657. The van der Waals surface area contributed by atoms with Crippen LogP contribution in [0.3, 0.4) is 0 Å². The predicted molar refractivity (Wildman–Crippen MR) is 62.4 cm³/mol. The second kappa shape index (κ2) is 5.16. The second-order valence-electron chi connectivity index (χ2n) is 3.39. The average molecular weight is 221 g/mol. The Morgan fingerprint density at radius 3 is 2.75 bits per heavy atom. The van der Waals surface area contributed by atoms with E-state index in [1.54, 1.807) is 25.1 Å². The summed E-state index contributed by atoms with van der Waals surface area (Å²) in [4.78, 5) is 10.5. The summed E-state index contributed by atoms with van der Waals surface area (Å²) in [5.74, 6) is 0.238. The fourth-order valence-corrected chi connectivity index (χ4v) is 1.31. The number of amides is 2. The zero-order valence-electron chi connectivity index (χ0n) is 9.32. The third-order valence-electron chi connectivity index (χ3n) is 2.17. The molecule has 86 valence electrons. The van der Waals surface area contributed by atoms with E-state index in [0.717, 1.165) is 11.1 Å². The molecule has 0 saturated heterocycles. The first kappa shape index (κ1) is 12.0. The molecule has 0 fully saturated rings. The van der Waals surface area contributed by atoms with Crippen LogP contribution in [0.15, 0.2) is 23.3 Å². The van der Waals surface area contributed by atoms with Crippen molar-refractivity contribution in [2.24, 2.45) is 10.8 Å². The summed E-state index contributed by atoms with van der Waals surface area (Å²) in [7, 11) is 0. The smallest absolute Gasteiger partial charge is 0.332 e. The van der Waals surface area contributed by atoms with E-state index < -0.39 is 6.03 Å². The molecule has 0 saturated carbocycles. The molecular formula is C11H15N3O2. The number of rotatable bonds is 3. The lowest BCUT2D eigenvalue weighted by Gasteiger charge is -2.06. The number of benzene rings is 1. The number of nitrogens with one attached hydrogen (secondary N) is 1. The highest BCUT2D eigenvalue weighted by atomic mass is 16.3. The van der Waals surface area contributed by atoms with Gasteiger partial charge in [-0.05, 0) is 42.7 Å². The number of hydrogen-bond donors (Lipinski definition) is 3. The van der Waals surface area contributed by atoms with Gasteiger partial charge in [0.1, 0.15) is 5.75 Å². The van der Waals surface area contributed by atoms with Crippen molar-refractivity contribution < 1.29 is 9.90 Å². The van der Waals surface area contributed by atoms with Crippen LogP contribution in [0.2, 0.25) is 0 Å². The van der Waals surface area contributed by atoms with E-state index in [1.807, 2.05) is 6.92 Å². The molecular weight excluding hydrogens is 206 g/mol. The summed E-state index contributed by atoms with van der Waals surface area (Å²) < 4.78 is 0. The summed E-state index contributed by atoms with van der Waals surface area (Å²) in [6.45, 7) is 3.72. The van der Waals surface area contributed by atoms with E-state index in [1.165, 1.54) is 0 Å². The Labute approximate surface area is 94.0 Å². The number of urea groups is 1. The van der Waals surface area contributed by atoms with Crippen LogP contribution in [0.5, 0.6) is 5.75 Å². The van der Waals surface area contributed by atoms with Crippen LogP contribution in [-0.2, 0) is 0 Å². The number of phenols is 1. The maximum absolute atomic E-state index is 10.5. The van der Waals surface area contributed by atoms with Crippen molar-refractivity contribution in [3.8, 4) is 5.75 Å². The molecule has 1 aromatic rings. The summed E-state index contributed by atoms with van der Waals surface area (Å²) >= 11 is 0. The highest BCUT2D eigenvalue weighted by Gasteiger charge is 2.04. The van der Waals surface area contributed by atoms with Crippen LogP contribution in [0.4, 0.5) is 4.79 Å². The molecule has 0 aliphatic heterocycles. The number of nitrogens with zero attached hydrogens (tertiary/aromatic N) is 1. The Morgan fingerprint density at radius 1 is 1.56 bits per heavy atom. The molecule has 5 heteroatoms. The zero-order valence-corrected chi connectivity index (χ0v) is 9.32. The van der Waals surface area contributed by atoms with Gasteiger partial charge in [0.15, 0.2) is 0 Å². The SMILES string of the molecule is CCC(=NNC(N)=O)c1ccc(O)c(C)c1. The van der Waals surface area contributed by atoms with Gasteiger partial charge in [0.2, 0.25) is 0 Å². The minimum atomic E-state index is -0.693. The number of carbonyl (C=O) groups excluding carboxylic acids is 1. The third-order valence-corrected chi connectivity index (χ3v) is 2.17. The average Bonchev–Trinajstić information content (AvgIpc) is 2.23. The number of aryl methyl sites for hydroxylation is 1. The van der Waals surface area contributed by atoms with E-state index in [4.69, 9.17) is 5.73 Å². The van der Waals surface area contributed by atoms with E-state index in [2.05, 4.69) is 10.5 Å². The third kappa shape index (κ3) is 2.98. The lowest BCUT2D eigenvalue weighted by Crippen LogP contribution is -2.25. The molecule has 0 bridgehead atoms. The van der Waals surface area contributed by atoms with Crippen LogP contribution >= 0.6 is 0 Å². The molecule has 0 radical (unpaired) electrons. The highest BCUT2D eigenvalue weighted by molar-refractivity contribution is 6.01. The van der Waals surface area contributed by atoms with Crippen molar-refractivity contribution in [3.63, 3.8) is 0 Å². The molecule has 4 N–H and O–H groups in total. The van der Waals surface area contributed by atoms with Gasteiger partial charge < -0.3 is 10.8 Å². The second-order valence-corrected chi connectivity index (χ2v) is 3.39. The van der Waals surface area contributed by atoms with Crippen LogP contribution < -0.4 is 11.2 Å². The summed E-state index contributed by atoms with van der Waals surface area (Å²) in [6, 6.07) is 4.45. The molecule has 2 amide bonds. The Balaban J connectivity index is 2.99. The molecule has 0 aromatic heterocycles. The van der Waals surface area contributed by atoms with Crippen molar-refractivity contribution in [1.82, 2.24) is 5.43 Å². The molecule has 0 atom stereocenters. The number of primary amides is 1. The van der Waals surface area contributed by atoms with Crippen LogP contribution in [0.1, 0.15) is 24.5 Å². The summed E-state index contributed by atoms with van der Waals surface area (Å²) in [5, 5.41) is 13.3. The number of hydrogen-bond acceptors (Lipinski definition) is 3. The molecule has 0 aliphatic carbocycles. The molecule has 0 unspecified atom stereocenters. The highest BCUT2D eigenvalue weighted by Crippen LogP contribution is 2.18. The first-order valence-corrected chi connectivity index (χ1v) is 4.96. The Kier molecular flexibility index (Phi) is 3.88. The standard InChI is InChI=1S/C11H15N3O2/c1-3-9(13-14-11(12)16)8-4-5-10(15)7(2)6-8/h4-6,15H,3H2,1-2H3,(H3,12,14,16). The number of nitrogens with two attached hydrogens (primary N) is 1. The van der Waals surface area contributed by atoms with Crippen molar-refractivity contribution in [1.29, 1.82) is 0 Å². The first-order valence-electron chi connectivity index (χ1n) is 4.96. The van der Waals surface area contributed by atoms with Crippen molar-refractivity contribution >= 4 is 11.7 Å². The van der Waals surface area contributed by atoms with E-state index in [0.29, 0.717) is 12.1 Å². The van der Waals surface area contributed by atoms with Gasteiger partial charge in [0.25, 0.3) is 0 Å². The maximum atomic E-state index is 10.5. The van der Waals surface area contributed by atoms with Crippen LogP contribution in [0, 0.1) is 6.92 Å². The van der Waals surface area contributed by atoms with Gasteiger partial charge in [-0.2, -0.15) is 5.10 Å². The quantitative estimate of drug-likeness (QED) is 0.533. The lowest BCUT2D eigenvalue weighted by atomic mass is 10.1. The van der Waals surface area contributed by atoms with Crippen LogP contribution in [0.25, 0.3) is 0 Å². The monoisotopic (exact) mass is 221 g/mol. The number of aromatic hydroxyl groups is 1. The van der Waals surface area contributed by atoms with E-state index in [9.17, 15) is 9.90 Å². The molecule has 0 heterocycles. The van der Waals surface area contributed by atoms with Gasteiger partial charge in [-0.1, -0.05) is 6.92 Å². The Morgan fingerprint density at radius 2 is 2.25 bits per heavy atom. The molecule has 1 aromatic carbocycles. The molecule has 0 spiro atoms. The lowest BCUT2D eigenvalue weighted by molar-refractivity contribution is 0.249. The predicted octanol–water partition coefficient (Wildman–Crippen LogP) is 1.48. The van der Waals surface area contributed by atoms with Gasteiger partial charge in [0.05, 0.1) is 5.71 Å². The van der Waals surface area contributed by atoms with Crippen molar-refractivity contribution in [2.75, 3.05) is 0 Å².